The first-order valence-electron chi connectivity index (χ1n) is 7.26. The Kier molecular flexibility index (Phi) is 4.79. The van der Waals surface area contributed by atoms with E-state index < -0.39 is 0 Å². The van der Waals surface area contributed by atoms with Gasteiger partial charge in [-0.25, -0.2) is 4.98 Å². The maximum Gasteiger partial charge on any atom is 0.107 e. The molecule has 0 aliphatic heterocycles. The molecule has 1 atom stereocenters. The van der Waals surface area contributed by atoms with Gasteiger partial charge in [-0.3, -0.25) is 0 Å². The number of aromatic nitrogens is 1. The van der Waals surface area contributed by atoms with E-state index in [4.69, 9.17) is 0 Å². The molecular formula is C15H26N2S. The third kappa shape index (κ3) is 4.06. The van der Waals surface area contributed by atoms with Gasteiger partial charge in [-0.1, -0.05) is 27.2 Å². The lowest BCUT2D eigenvalue weighted by atomic mass is 9.85. The molecule has 1 unspecified atom stereocenters. The highest BCUT2D eigenvalue weighted by molar-refractivity contribution is 7.11. The van der Waals surface area contributed by atoms with E-state index in [2.05, 4.69) is 31.1 Å². The molecule has 1 heterocycles. The van der Waals surface area contributed by atoms with Crippen molar-refractivity contribution in [2.24, 2.45) is 5.41 Å². The fourth-order valence-corrected chi connectivity index (χ4v) is 3.50. The standard InChI is InChI=1S/C15H26N2S/c1-4-13-10-17-14(18-13)11-16-12-6-5-8-15(2,3)9-7-12/h10,12,16H,4-9,11H2,1-3H3. The molecule has 0 radical (unpaired) electrons. The van der Waals surface area contributed by atoms with E-state index in [1.807, 2.05) is 17.5 Å². The van der Waals surface area contributed by atoms with E-state index in [0.717, 1.165) is 13.0 Å². The predicted octanol–water partition coefficient (Wildman–Crippen LogP) is 4.15. The monoisotopic (exact) mass is 266 g/mol. The van der Waals surface area contributed by atoms with Crippen LogP contribution in [0.5, 0.6) is 0 Å². The first kappa shape index (κ1) is 14.0. The summed E-state index contributed by atoms with van der Waals surface area (Å²) in [6.45, 7) is 7.96. The fraction of sp³-hybridized carbons (Fsp3) is 0.800. The summed E-state index contributed by atoms with van der Waals surface area (Å²) in [6.07, 6.45) is 9.87. The van der Waals surface area contributed by atoms with Crippen LogP contribution in [0.2, 0.25) is 0 Å². The molecule has 0 aromatic carbocycles. The van der Waals surface area contributed by atoms with Crippen LogP contribution in [0.25, 0.3) is 0 Å². The highest BCUT2D eigenvalue weighted by Crippen LogP contribution is 2.33. The molecule has 1 saturated carbocycles. The Hall–Kier alpha value is -0.410. The molecule has 0 bridgehead atoms. The van der Waals surface area contributed by atoms with E-state index in [-0.39, 0.29) is 0 Å². The molecule has 102 valence electrons. The fourth-order valence-electron chi connectivity index (χ4n) is 2.69. The molecule has 3 heteroatoms. The van der Waals surface area contributed by atoms with Gasteiger partial charge in [0.25, 0.3) is 0 Å². The summed E-state index contributed by atoms with van der Waals surface area (Å²) >= 11 is 1.85. The molecule has 1 aromatic heterocycles. The number of nitrogens with zero attached hydrogens (tertiary/aromatic N) is 1. The topological polar surface area (TPSA) is 24.9 Å². The van der Waals surface area contributed by atoms with E-state index >= 15 is 0 Å². The van der Waals surface area contributed by atoms with Crippen molar-refractivity contribution in [1.82, 2.24) is 10.3 Å². The van der Waals surface area contributed by atoms with Crippen molar-refractivity contribution in [3.8, 4) is 0 Å². The van der Waals surface area contributed by atoms with Gasteiger partial charge in [-0.15, -0.1) is 11.3 Å². The van der Waals surface area contributed by atoms with Gasteiger partial charge in [0.15, 0.2) is 0 Å². The van der Waals surface area contributed by atoms with Crippen LogP contribution in [0, 0.1) is 5.41 Å². The van der Waals surface area contributed by atoms with E-state index in [1.165, 1.54) is 42.0 Å². The Morgan fingerprint density at radius 3 is 2.94 bits per heavy atom. The Morgan fingerprint density at radius 2 is 2.22 bits per heavy atom. The summed E-state index contributed by atoms with van der Waals surface area (Å²) < 4.78 is 0. The zero-order valence-electron chi connectivity index (χ0n) is 12.0. The quantitative estimate of drug-likeness (QED) is 0.828. The van der Waals surface area contributed by atoms with Gasteiger partial charge in [0, 0.05) is 23.7 Å². The normalized spacial score (nSPS) is 23.8. The van der Waals surface area contributed by atoms with Crippen molar-refractivity contribution in [2.45, 2.75) is 71.9 Å². The highest BCUT2D eigenvalue weighted by atomic mass is 32.1. The van der Waals surface area contributed by atoms with Crippen LogP contribution in [0.4, 0.5) is 0 Å². The van der Waals surface area contributed by atoms with Crippen molar-refractivity contribution in [3.63, 3.8) is 0 Å². The summed E-state index contributed by atoms with van der Waals surface area (Å²) in [7, 11) is 0. The number of aryl methyl sites for hydroxylation is 1. The summed E-state index contributed by atoms with van der Waals surface area (Å²) in [5.74, 6) is 0. The number of hydrogen-bond donors (Lipinski definition) is 1. The number of rotatable bonds is 4. The SMILES string of the molecule is CCc1cnc(CNC2CCCC(C)(C)CC2)s1. The van der Waals surface area contributed by atoms with Gasteiger partial charge in [0.05, 0.1) is 0 Å². The molecule has 1 N–H and O–H groups in total. The van der Waals surface area contributed by atoms with Gasteiger partial charge >= 0.3 is 0 Å². The number of thiazole rings is 1. The van der Waals surface area contributed by atoms with Crippen molar-refractivity contribution >= 4 is 11.3 Å². The Labute approximate surface area is 115 Å². The third-order valence-electron chi connectivity index (χ3n) is 4.07. The summed E-state index contributed by atoms with van der Waals surface area (Å²) in [4.78, 5) is 5.88. The molecule has 1 aliphatic carbocycles. The summed E-state index contributed by atoms with van der Waals surface area (Å²) in [6, 6.07) is 0.695. The average molecular weight is 266 g/mol. The van der Waals surface area contributed by atoms with Gasteiger partial charge < -0.3 is 5.32 Å². The lowest BCUT2D eigenvalue weighted by Crippen LogP contribution is -2.28. The van der Waals surface area contributed by atoms with Crippen molar-refractivity contribution < 1.29 is 0 Å². The second kappa shape index (κ2) is 6.16. The van der Waals surface area contributed by atoms with Gasteiger partial charge in [-0.05, 0) is 37.5 Å². The molecule has 0 amide bonds. The number of nitrogens with one attached hydrogen (secondary N) is 1. The van der Waals surface area contributed by atoms with E-state index in [1.54, 1.807) is 0 Å². The smallest absolute Gasteiger partial charge is 0.107 e. The van der Waals surface area contributed by atoms with Crippen molar-refractivity contribution in [1.29, 1.82) is 0 Å². The molecule has 0 saturated heterocycles. The molecule has 2 nitrogen and oxygen atoms in total. The molecule has 1 fully saturated rings. The van der Waals surface area contributed by atoms with Crippen LogP contribution >= 0.6 is 11.3 Å². The minimum Gasteiger partial charge on any atom is -0.308 e. The second-order valence-electron chi connectivity index (χ2n) is 6.25. The Bertz CT molecular complexity index is 370. The third-order valence-corrected chi connectivity index (χ3v) is 5.21. The summed E-state index contributed by atoms with van der Waals surface area (Å²) in [5, 5.41) is 4.95. The first-order valence-corrected chi connectivity index (χ1v) is 8.08. The largest absolute Gasteiger partial charge is 0.308 e. The average Bonchev–Trinajstić information content (AvgIpc) is 2.72. The van der Waals surface area contributed by atoms with E-state index in [9.17, 15) is 0 Å². The highest BCUT2D eigenvalue weighted by Gasteiger charge is 2.24. The van der Waals surface area contributed by atoms with Crippen LogP contribution in [-0.4, -0.2) is 11.0 Å². The molecule has 18 heavy (non-hydrogen) atoms. The van der Waals surface area contributed by atoms with Crippen molar-refractivity contribution in [3.05, 3.63) is 16.1 Å². The minimum atomic E-state index is 0.549. The minimum absolute atomic E-state index is 0.549. The van der Waals surface area contributed by atoms with Crippen LogP contribution in [-0.2, 0) is 13.0 Å². The van der Waals surface area contributed by atoms with E-state index in [0.29, 0.717) is 11.5 Å². The zero-order valence-corrected chi connectivity index (χ0v) is 12.8. The Balaban J connectivity index is 1.79. The van der Waals surface area contributed by atoms with Crippen molar-refractivity contribution in [2.75, 3.05) is 0 Å². The maximum absolute atomic E-state index is 4.48. The van der Waals surface area contributed by atoms with Gasteiger partial charge in [-0.2, -0.15) is 0 Å². The summed E-state index contributed by atoms with van der Waals surface area (Å²) in [5.41, 5.74) is 0.549. The molecule has 1 aliphatic rings. The maximum atomic E-state index is 4.48. The van der Waals surface area contributed by atoms with Crippen LogP contribution in [0.1, 0.15) is 62.8 Å². The lowest BCUT2D eigenvalue weighted by molar-refractivity contribution is 0.309. The zero-order chi connectivity index (χ0) is 13.0. The number of hydrogen-bond acceptors (Lipinski definition) is 3. The molecular weight excluding hydrogens is 240 g/mol. The first-order chi connectivity index (χ1) is 8.59. The molecule has 2 rings (SSSR count). The predicted molar refractivity (Wildman–Crippen MR) is 79.0 cm³/mol. The van der Waals surface area contributed by atoms with Crippen LogP contribution in [0.3, 0.4) is 0 Å². The van der Waals surface area contributed by atoms with Gasteiger partial charge in [0.2, 0.25) is 0 Å². The van der Waals surface area contributed by atoms with Gasteiger partial charge in [0.1, 0.15) is 5.01 Å². The molecule has 1 aromatic rings. The van der Waals surface area contributed by atoms with Crippen LogP contribution in [0.15, 0.2) is 6.20 Å². The second-order valence-corrected chi connectivity index (χ2v) is 7.45. The van der Waals surface area contributed by atoms with Crippen LogP contribution < -0.4 is 5.32 Å². The molecule has 0 spiro atoms. The lowest BCUT2D eigenvalue weighted by Gasteiger charge is -2.22. The Morgan fingerprint density at radius 1 is 1.39 bits per heavy atom.